The minimum atomic E-state index is 0.207. The van der Waals surface area contributed by atoms with Crippen molar-refractivity contribution in [2.45, 2.75) is 253 Å². The van der Waals surface area contributed by atoms with Crippen LogP contribution in [0.1, 0.15) is 253 Å². The van der Waals surface area contributed by atoms with Crippen molar-refractivity contribution in [2.24, 2.45) is 0 Å². The molecule has 272 valence electrons. The maximum absolute atomic E-state index is 12.8. The summed E-state index contributed by atoms with van der Waals surface area (Å²) in [5.74, 6) is 0.207. The Labute approximate surface area is 291 Å². The average molecular weight is 644 g/mol. The van der Waals surface area contributed by atoms with Gasteiger partial charge >= 0.3 is 0 Å². The Morgan fingerprint density at radius 1 is 0.413 bits per heavy atom. The molecule has 0 aliphatic carbocycles. The van der Waals surface area contributed by atoms with Gasteiger partial charge in [0.15, 0.2) is 0 Å². The first-order chi connectivity index (χ1) is 22.6. The molecule has 0 atom stereocenters. The predicted octanol–water partition coefficient (Wildman–Crippen LogP) is 15.6. The molecule has 0 saturated heterocycles. The van der Waals surface area contributed by atoms with Gasteiger partial charge < -0.3 is 5.32 Å². The lowest BCUT2D eigenvalue weighted by Crippen LogP contribution is -2.24. The quantitative estimate of drug-likeness (QED) is 0.0534. The molecule has 0 aromatic rings. The standard InChI is InChI=1S/C44H85NO/c1-6-9-11-13-15-17-18-19-20-21-22-23-24-25-26-27-28-29-31-33-35-37-40-44(46)45-43(38-8-3)42(41(4)5)39-36-34-32-30-16-14-12-10-7-2/h38H,6-37,39-40H2,1-5H3,(H,45,46). The Morgan fingerprint density at radius 3 is 0.978 bits per heavy atom. The number of hydrogen-bond donors (Lipinski definition) is 1. The molecule has 2 nitrogen and oxygen atoms in total. The lowest BCUT2D eigenvalue weighted by Gasteiger charge is -2.16. The van der Waals surface area contributed by atoms with Crippen molar-refractivity contribution in [1.82, 2.24) is 5.32 Å². The summed E-state index contributed by atoms with van der Waals surface area (Å²) in [6.45, 7) is 11.2. The van der Waals surface area contributed by atoms with Crippen LogP contribution in [0.3, 0.4) is 0 Å². The summed E-state index contributed by atoms with van der Waals surface area (Å²) in [4.78, 5) is 12.8. The molecule has 0 heterocycles. The van der Waals surface area contributed by atoms with E-state index in [2.05, 4.69) is 46.0 Å². The van der Waals surface area contributed by atoms with Crippen LogP contribution in [0.15, 0.2) is 22.9 Å². The summed E-state index contributed by atoms with van der Waals surface area (Å²) < 4.78 is 0. The highest BCUT2D eigenvalue weighted by Crippen LogP contribution is 2.22. The highest BCUT2D eigenvalue weighted by atomic mass is 16.1. The van der Waals surface area contributed by atoms with Crippen molar-refractivity contribution >= 4 is 5.91 Å². The van der Waals surface area contributed by atoms with Crippen LogP contribution in [-0.4, -0.2) is 5.91 Å². The molecule has 0 saturated carbocycles. The van der Waals surface area contributed by atoms with E-state index in [-0.39, 0.29) is 5.91 Å². The predicted molar refractivity (Wildman–Crippen MR) is 209 cm³/mol. The fraction of sp³-hybridized carbons (Fsp3) is 0.886. The molecule has 0 radical (unpaired) electrons. The van der Waals surface area contributed by atoms with Crippen LogP contribution < -0.4 is 5.32 Å². The molecule has 0 aliphatic rings. The van der Waals surface area contributed by atoms with Gasteiger partial charge in [-0.1, -0.05) is 219 Å². The highest BCUT2D eigenvalue weighted by Gasteiger charge is 2.11. The molecule has 0 fully saturated rings. The zero-order valence-corrected chi connectivity index (χ0v) is 32.5. The van der Waals surface area contributed by atoms with E-state index in [0.29, 0.717) is 6.42 Å². The SMILES string of the molecule is CCC=C(NC(=O)CCCCCCCCCCCCCCCCCCCCCCCC)C(CCCCCCCCCCC)=C(C)C. The molecular weight excluding hydrogens is 558 g/mol. The number of allylic oxidation sites excluding steroid dienone is 3. The number of carbonyl (C=O) groups excluding carboxylic acids is 1. The van der Waals surface area contributed by atoms with E-state index in [1.165, 1.54) is 204 Å². The Bertz CT molecular complexity index is 701. The summed E-state index contributed by atoms with van der Waals surface area (Å²) in [5, 5.41) is 3.31. The minimum absolute atomic E-state index is 0.207. The smallest absolute Gasteiger partial charge is 0.224 e. The largest absolute Gasteiger partial charge is 0.326 e. The summed E-state index contributed by atoms with van der Waals surface area (Å²) >= 11 is 0. The van der Waals surface area contributed by atoms with Crippen LogP contribution in [-0.2, 0) is 4.79 Å². The van der Waals surface area contributed by atoms with E-state index in [4.69, 9.17) is 0 Å². The molecule has 0 aromatic carbocycles. The van der Waals surface area contributed by atoms with E-state index in [1.807, 2.05) is 0 Å². The molecule has 0 bridgehead atoms. The van der Waals surface area contributed by atoms with Crippen LogP contribution in [0.4, 0.5) is 0 Å². The van der Waals surface area contributed by atoms with E-state index >= 15 is 0 Å². The molecule has 0 aliphatic heterocycles. The Hall–Kier alpha value is -1.05. The van der Waals surface area contributed by atoms with Gasteiger partial charge in [0.25, 0.3) is 0 Å². The highest BCUT2D eigenvalue weighted by molar-refractivity contribution is 5.78. The fourth-order valence-corrected chi connectivity index (χ4v) is 6.83. The van der Waals surface area contributed by atoms with E-state index in [0.717, 1.165) is 25.0 Å². The normalized spacial score (nSPS) is 11.7. The maximum Gasteiger partial charge on any atom is 0.224 e. The van der Waals surface area contributed by atoms with Gasteiger partial charge in [-0.05, 0) is 45.1 Å². The van der Waals surface area contributed by atoms with Crippen molar-refractivity contribution in [2.75, 3.05) is 0 Å². The van der Waals surface area contributed by atoms with Crippen molar-refractivity contribution in [1.29, 1.82) is 0 Å². The van der Waals surface area contributed by atoms with Gasteiger partial charge in [-0.15, -0.1) is 0 Å². The molecule has 0 spiro atoms. The Balaban J connectivity index is 3.74. The molecular formula is C44H85NO. The third-order valence-corrected chi connectivity index (χ3v) is 9.90. The molecule has 0 unspecified atom stereocenters. The average Bonchev–Trinajstić information content (AvgIpc) is 3.04. The van der Waals surface area contributed by atoms with E-state index in [9.17, 15) is 4.79 Å². The number of rotatable bonds is 36. The van der Waals surface area contributed by atoms with Gasteiger partial charge in [0.1, 0.15) is 0 Å². The molecule has 46 heavy (non-hydrogen) atoms. The monoisotopic (exact) mass is 644 g/mol. The Kier molecular flexibility index (Phi) is 35.9. The van der Waals surface area contributed by atoms with Gasteiger partial charge in [0, 0.05) is 12.1 Å². The van der Waals surface area contributed by atoms with Crippen LogP contribution in [0.25, 0.3) is 0 Å². The number of unbranched alkanes of at least 4 members (excludes halogenated alkanes) is 29. The fourth-order valence-electron chi connectivity index (χ4n) is 6.83. The first-order valence-corrected chi connectivity index (χ1v) is 21.2. The van der Waals surface area contributed by atoms with Gasteiger partial charge in [0.2, 0.25) is 5.91 Å². The van der Waals surface area contributed by atoms with Gasteiger partial charge in [-0.25, -0.2) is 0 Å². The molecule has 0 rings (SSSR count). The zero-order valence-electron chi connectivity index (χ0n) is 32.5. The summed E-state index contributed by atoms with van der Waals surface area (Å²) in [6.07, 6.45) is 47.9. The third-order valence-electron chi connectivity index (χ3n) is 9.90. The second-order valence-corrected chi connectivity index (χ2v) is 14.8. The summed E-state index contributed by atoms with van der Waals surface area (Å²) in [5.41, 5.74) is 3.81. The van der Waals surface area contributed by atoms with Crippen molar-refractivity contribution in [3.05, 3.63) is 22.9 Å². The maximum atomic E-state index is 12.8. The molecule has 2 heteroatoms. The van der Waals surface area contributed by atoms with E-state index in [1.54, 1.807) is 0 Å². The third kappa shape index (κ3) is 31.5. The minimum Gasteiger partial charge on any atom is -0.326 e. The van der Waals surface area contributed by atoms with Gasteiger partial charge in [-0.2, -0.15) is 0 Å². The number of nitrogens with one attached hydrogen (secondary N) is 1. The van der Waals surface area contributed by atoms with Crippen molar-refractivity contribution in [3.63, 3.8) is 0 Å². The zero-order chi connectivity index (χ0) is 33.8. The van der Waals surface area contributed by atoms with Gasteiger partial charge in [-0.3, -0.25) is 4.79 Å². The number of carbonyl (C=O) groups is 1. The van der Waals surface area contributed by atoms with Crippen LogP contribution in [0, 0.1) is 0 Å². The first kappa shape index (κ1) is 45.0. The molecule has 0 aromatic heterocycles. The lowest BCUT2D eigenvalue weighted by molar-refractivity contribution is -0.120. The second kappa shape index (κ2) is 36.8. The van der Waals surface area contributed by atoms with E-state index < -0.39 is 0 Å². The van der Waals surface area contributed by atoms with Crippen LogP contribution in [0.2, 0.25) is 0 Å². The topological polar surface area (TPSA) is 29.1 Å². The van der Waals surface area contributed by atoms with Crippen LogP contribution in [0.5, 0.6) is 0 Å². The number of hydrogen-bond acceptors (Lipinski definition) is 1. The molecule has 1 amide bonds. The second-order valence-electron chi connectivity index (χ2n) is 14.8. The summed E-state index contributed by atoms with van der Waals surface area (Å²) in [6, 6.07) is 0. The lowest BCUT2D eigenvalue weighted by atomic mass is 9.98. The van der Waals surface area contributed by atoms with Crippen LogP contribution >= 0.6 is 0 Å². The van der Waals surface area contributed by atoms with Crippen molar-refractivity contribution in [3.8, 4) is 0 Å². The number of amides is 1. The Morgan fingerprint density at radius 2 is 0.696 bits per heavy atom. The summed E-state index contributed by atoms with van der Waals surface area (Å²) in [7, 11) is 0. The molecule has 1 N–H and O–H groups in total. The first-order valence-electron chi connectivity index (χ1n) is 21.2. The van der Waals surface area contributed by atoms with Crippen molar-refractivity contribution < 1.29 is 4.79 Å². The van der Waals surface area contributed by atoms with Gasteiger partial charge in [0.05, 0.1) is 0 Å².